The monoisotopic (exact) mass is 383 g/mol. The topological polar surface area (TPSA) is 74.3 Å². The zero-order valence-corrected chi connectivity index (χ0v) is 14.7. The Balaban J connectivity index is 2.01. The van der Waals surface area contributed by atoms with Crippen LogP contribution >= 0.6 is 10.8 Å². The summed E-state index contributed by atoms with van der Waals surface area (Å²) in [7, 11) is -2.49. The van der Waals surface area contributed by atoms with E-state index in [9.17, 15) is 31.5 Å². The van der Waals surface area contributed by atoms with Crippen molar-refractivity contribution >= 4 is 25.6 Å². The molecule has 136 valence electrons. The smallest absolute Gasteiger partial charge is 0.417 e. The fraction of sp³-hybridized carbons (Fsp3) is 0.800. The number of carboxylic acid groups (broad SMARTS) is 1. The fourth-order valence-electron chi connectivity index (χ4n) is 5.40. The van der Waals surface area contributed by atoms with E-state index in [2.05, 4.69) is 0 Å². The van der Waals surface area contributed by atoms with Crippen LogP contribution in [0.3, 0.4) is 0 Å². The highest BCUT2D eigenvalue weighted by atomic mass is 33.1. The van der Waals surface area contributed by atoms with Crippen LogP contribution in [0.2, 0.25) is 0 Å². The van der Waals surface area contributed by atoms with Crippen LogP contribution in [0.4, 0.5) is 13.2 Å². The van der Waals surface area contributed by atoms with Crippen LogP contribution < -0.4 is 5.11 Å². The van der Waals surface area contributed by atoms with Crippen LogP contribution in [0.5, 0.6) is 0 Å². The quantitative estimate of drug-likeness (QED) is 0.550. The van der Waals surface area contributed by atoms with E-state index in [1.165, 1.54) is 0 Å². The molecule has 0 aliphatic heterocycles. The molecule has 0 saturated heterocycles. The minimum Gasteiger partial charge on any atom is -0.545 e. The molecule has 2 unspecified atom stereocenters. The van der Waals surface area contributed by atoms with Gasteiger partial charge in [0, 0.05) is 11.0 Å². The second-order valence-electron chi connectivity index (χ2n) is 7.64. The molecule has 0 N–H and O–H groups in total. The van der Waals surface area contributed by atoms with E-state index >= 15 is 0 Å². The number of alkyl halides is 3. The predicted octanol–water partition coefficient (Wildman–Crippen LogP) is 2.26. The van der Waals surface area contributed by atoms with E-state index in [0.717, 1.165) is 29.5 Å². The maximum absolute atomic E-state index is 13.0. The van der Waals surface area contributed by atoms with Crippen LogP contribution in [0, 0.1) is 17.3 Å². The lowest BCUT2D eigenvalue weighted by Crippen LogP contribution is -2.54. The predicted molar refractivity (Wildman–Crippen MR) is 81.4 cm³/mol. The van der Waals surface area contributed by atoms with E-state index in [1.807, 2.05) is 0 Å². The van der Waals surface area contributed by atoms with Crippen LogP contribution in [0.25, 0.3) is 0 Å². The molecule has 4 fully saturated rings. The van der Waals surface area contributed by atoms with Gasteiger partial charge in [-0.25, -0.2) is 8.42 Å². The van der Waals surface area contributed by atoms with Crippen molar-refractivity contribution in [1.29, 1.82) is 0 Å². The van der Waals surface area contributed by atoms with Crippen molar-refractivity contribution in [2.24, 2.45) is 17.3 Å². The third-order valence-corrected chi connectivity index (χ3v) is 8.46. The second kappa shape index (κ2) is 5.40. The summed E-state index contributed by atoms with van der Waals surface area (Å²) in [5, 5.41) is 11.0. The van der Waals surface area contributed by atoms with Gasteiger partial charge in [0.25, 0.3) is 0 Å². The lowest BCUT2D eigenvalue weighted by atomic mass is 9.49. The molecule has 0 spiro atoms. The van der Waals surface area contributed by atoms with Crippen molar-refractivity contribution in [2.45, 2.75) is 49.4 Å². The Kier molecular flexibility index (Phi) is 4.07. The van der Waals surface area contributed by atoms with E-state index < -0.39 is 36.7 Å². The number of aliphatic carboxylic acids is 1. The first kappa shape index (κ1) is 18.1. The van der Waals surface area contributed by atoms with Gasteiger partial charge in [0.2, 0.25) is 0 Å². The largest absolute Gasteiger partial charge is 0.545 e. The van der Waals surface area contributed by atoms with Crippen molar-refractivity contribution in [3.63, 3.8) is 0 Å². The molecule has 24 heavy (non-hydrogen) atoms. The van der Waals surface area contributed by atoms with Crippen LogP contribution in [0.1, 0.15) is 38.5 Å². The molecule has 4 nitrogen and oxygen atoms in total. The van der Waals surface area contributed by atoms with Crippen molar-refractivity contribution in [1.82, 2.24) is 0 Å². The maximum atomic E-state index is 13.0. The molecule has 4 bridgehead atoms. The maximum Gasteiger partial charge on any atom is 0.417 e. The van der Waals surface area contributed by atoms with Gasteiger partial charge in [0.05, 0.1) is 11.5 Å². The van der Waals surface area contributed by atoms with Gasteiger partial charge in [-0.15, -0.1) is 0 Å². The molecule has 2 atom stereocenters. The number of hydrogen-bond acceptors (Lipinski definition) is 5. The molecule has 0 aromatic rings. The Labute approximate surface area is 142 Å². The molecule has 4 aliphatic rings. The summed E-state index contributed by atoms with van der Waals surface area (Å²) in [6, 6.07) is 0. The highest BCUT2D eigenvalue weighted by Crippen LogP contribution is 2.67. The van der Waals surface area contributed by atoms with Crippen LogP contribution in [-0.4, -0.2) is 31.6 Å². The van der Waals surface area contributed by atoms with Crippen LogP contribution in [-0.2, 0) is 13.7 Å². The van der Waals surface area contributed by atoms with Gasteiger partial charge in [0.1, 0.15) is 0 Å². The van der Waals surface area contributed by atoms with E-state index in [-0.39, 0.29) is 18.3 Å². The Morgan fingerprint density at radius 2 is 1.75 bits per heavy atom. The van der Waals surface area contributed by atoms with Gasteiger partial charge in [0.15, 0.2) is 8.87 Å². The molecular weight excluding hydrogens is 365 g/mol. The highest BCUT2D eigenvalue weighted by Gasteiger charge is 2.59. The first-order valence-electron chi connectivity index (χ1n) is 7.74. The molecule has 0 amide bonds. The SMILES string of the molecule is CS(=O)(=O)SC12CC3CC(CC(C=C(C(=O)[O-])C(F)(F)F)(C3)C1)C2. The standard InChI is InChI=1S/C15H19F3O4S2/c1-24(21,22)23-14-5-9-2-10(6-14)4-13(3-9,8-14)7-11(12(19)20)15(16,17)18/h7,9-10H,2-6,8H2,1H3,(H,19,20)/p-1. The van der Waals surface area contributed by atoms with Crippen molar-refractivity contribution < 1.29 is 31.5 Å². The third-order valence-electron chi connectivity index (χ3n) is 5.36. The summed E-state index contributed by atoms with van der Waals surface area (Å²) in [6.07, 6.45) is 0.446. The number of halogens is 3. The number of hydrogen-bond donors (Lipinski definition) is 0. The lowest BCUT2D eigenvalue weighted by molar-refractivity contribution is -0.303. The minimum absolute atomic E-state index is 0.146. The number of carbonyl (C=O) groups is 1. The molecule has 0 radical (unpaired) electrons. The van der Waals surface area contributed by atoms with Crippen molar-refractivity contribution in [3.8, 4) is 0 Å². The summed E-state index contributed by atoms with van der Waals surface area (Å²) in [4.78, 5) is 11.0. The Morgan fingerprint density at radius 3 is 2.17 bits per heavy atom. The average molecular weight is 383 g/mol. The Morgan fingerprint density at radius 1 is 1.21 bits per heavy atom. The summed E-state index contributed by atoms with van der Waals surface area (Å²) >= 11 is 0. The van der Waals surface area contributed by atoms with E-state index in [4.69, 9.17) is 0 Å². The zero-order valence-electron chi connectivity index (χ0n) is 13.1. The molecule has 4 aliphatic carbocycles. The molecule has 4 saturated carbocycles. The fourth-order valence-corrected chi connectivity index (χ4v) is 9.51. The van der Waals surface area contributed by atoms with Crippen LogP contribution in [0.15, 0.2) is 11.6 Å². The van der Waals surface area contributed by atoms with Gasteiger partial charge >= 0.3 is 6.18 Å². The highest BCUT2D eigenvalue weighted by molar-refractivity contribution is 8.72. The summed E-state index contributed by atoms with van der Waals surface area (Å²) < 4.78 is 62.0. The molecular formula is C15H18F3O4S2-. The minimum atomic E-state index is -4.97. The van der Waals surface area contributed by atoms with E-state index in [1.54, 1.807) is 0 Å². The number of allylic oxidation sites excluding steroid dienone is 1. The molecule has 9 heteroatoms. The first-order valence-corrected chi connectivity index (χ1v) is 11.0. The van der Waals surface area contributed by atoms with Gasteiger partial charge in [-0.3, -0.25) is 0 Å². The van der Waals surface area contributed by atoms with Crippen molar-refractivity contribution in [3.05, 3.63) is 11.6 Å². The number of rotatable bonds is 4. The summed E-state index contributed by atoms with van der Waals surface area (Å²) in [5.41, 5.74) is -2.53. The summed E-state index contributed by atoms with van der Waals surface area (Å²) in [6.45, 7) is 0. The average Bonchev–Trinajstić information content (AvgIpc) is 2.29. The zero-order chi connectivity index (χ0) is 18.0. The Bertz CT molecular complexity index is 682. The van der Waals surface area contributed by atoms with E-state index in [0.29, 0.717) is 25.7 Å². The molecule has 0 heterocycles. The molecule has 4 rings (SSSR count). The van der Waals surface area contributed by atoms with Gasteiger partial charge in [-0.1, -0.05) is 6.08 Å². The second-order valence-corrected chi connectivity index (χ2v) is 12.4. The van der Waals surface area contributed by atoms with Crippen molar-refractivity contribution in [2.75, 3.05) is 6.26 Å². The number of carboxylic acids is 1. The lowest BCUT2D eigenvalue weighted by Gasteiger charge is -2.61. The normalized spacial score (nSPS) is 39.2. The van der Waals surface area contributed by atoms with Gasteiger partial charge < -0.3 is 9.90 Å². The Hall–Kier alpha value is -0.700. The molecule has 0 aromatic heterocycles. The third kappa shape index (κ3) is 3.47. The number of carbonyl (C=O) groups excluding carboxylic acids is 1. The first-order chi connectivity index (χ1) is 10.8. The summed E-state index contributed by atoms with van der Waals surface area (Å²) in [5.74, 6) is -1.93. The van der Waals surface area contributed by atoms with Gasteiger partial charge in [-0.05, 0) is 66.6 Å². The molecule has 0 aromatic carbocycles. The van der Waals surface area contributed by atoms with Gasteiger partial charge in [-0.2, -0.15) is 13.2 Å².